The Morgan fingerprint density at radius 2 is 1.74 bits per heavy atom. The Balaban J connectivity index is 1.66. The van der Waals surface area contributed by atoms with Crippen LogP contribution in [-0.4, -0.2) is 23.1 Å². The number of carbonyl (C=O) groups is 2. The monoisotopic (exact) mass is 361 g/mol. The molecule has 0 atom stereocenters. The van der Waals surface area contributed by atoms with E-state index in [4.69, 9.17) is 0 Å². The molecule has 3 aromatic carbocycles. The predicted molar refractivity (Wildman–Crippen MR) is 106 cm³/mol. The van der Waals surface area contributed by atoms with Crippen LogP contribution in [0.25, 0.3) is 10.8 Å². The van der Waals surface area contributed by atoms with Gasteiger partial charge in [0.25, 0.3) is 0 Å². The average Bonchev–Trinajstić information content (AvgIpc) is 2.70. The highest BCUT2D eigenvalue weighted by Crippen LogP contribution is 2.25. The molecule has 0 bridgehead atoms. The summed E-state index contributed by atoms with van der Waals surface area (Å²) in [6, 6.07) is 18.1. The zero-order valence-electron chi connectivity index (χ0n) is 14.8. The molecule has 2 amide bonds. The minimum absolute atomic E-state index is 0.0344. The molecule has 136 valence electrons. The summed E-state index contributed by atoms with van der Waals surface area (Å²) in [6.45, 7) is 2.03. The summed E-state index contributed by atoms with van der Waals surface area (Å²) >= 11 is 0. The van der Waals surface area contributed by atoms with Gasteiger partial charge < -0.3 is 10.4 Å². The van der Waals surface area contributed by atoms with Crippen molar-refractivity contribution in [2.75, 3.05) is 5.32 Å². The molecule has 0 heterocycles. The van der Waals surface area contributed by atoms with Gasteiger partial charge in [-0.3, -0.25) is 9.59 Å². The van der Waals surface area contributed by atoms with Crippen LogP contribution in [0.1, 0.15) is 18.1 Å². The van der Waals surface area contributed by atoms with E-state index in [1.54, 1.807) is 24.3 Å². The number of fused-ring (bicyclic) bond motifs is 1. The van der Waals surface area contributed by atoms with Crippen LogP contribution in [-0.2, 0) is 16.0 Å². The molecule has 0 aromatic heterocycles. The maximum Gasteiger partial charge on any atom is 0.329 e. The number of rotatable bonds is 4. The minimum Gasteiger partial charge on any atom is -0.507 e. The van der Waals surface area contributed by atoms with Crippen LogP contribution in [0.5, 0.6) is 5.75 Å². The summed E-state index contributed by atoms with van der Waals surface area (Å²) in [5, 5.41) is 18.1. The van der Waals surface area contributed by atoms with Gasteiger partial charge in [-0.15, -0.1) is 0 Å². The van der Waals surface area contributed by atoms with Gasteiger partial charge in [-0.25, -0.2) is 5.43 Å². The molecule has 0 aliphatic heterocycles. The number of nitrogens with one attached hydrogen (secondary N) is 2. The third kappa shape index (κ3) is 4.30. The fourth-order valence-corrected chi connectivity index (χ4v) is 2.64. The summed E-state index contributed by atoms with van der Waals surface area (Å²) in [6.07, 6.45) is 2.21. The third-order valence-corrected chi connectivity index (χ3v) is 4.13. The molecule has 0 fully saturated rings. The summed E-state index contributed by atoms with van der Waals surface area (Å²) in [7, 11) is 0. The Kier molecular flexibility index (Phi) is 5.47. The van der Waals surface area contributed by atoms with E-state index in [2.05, 4.69) is 15.8 Å². The number of hydrogen-bond donors (Lipinski definition) is 3. The highest BCUT2D eigenvalue weighted by atomic mass is 16.3. The van der Waals surface area contributed by atoms with Crippen molar-refractivity contribution in [1.29, 1.82) is 0 Å². The standard InChI is InChI=1S/C21H19N3O3/c1-2-14-7-10-16(11-8-14)23-20(26)21(27)24-22-13-18-17-6-4-3-5-15(17)9-12-19(18)25/h3-13,25H,2H2,1H3,(H,23,26)(H,24,27). The van der Waals surface area contributed by atoms with Gasteiger partial charge >= 0.3 is 11.8 Å². The molecule has 0 aliphatic rings. The van der Waals surface area contributed by atoms with Crippen molar-refractivity contribution >= 4 is 34.5 Å². The predicted octanol–water partition coefficient (Wildman–Crippen LogP) is 3.20. The molecule has 0 radical (unpaired) electrons. The molecule has 3 aromatic rings. The third-order valence-electron chi connectivity index (χ3n) is 4.13. The van der Waals surface area contributed by atoms with Gasteiger partial charge in [0.1, 0.15) is 5.75 Å². The second-order valence-electron chi connectivity index (χ2n) is 5.92. The van der Waals surface area contributed by atoms with Crippen molar-refractivity contribution in [3.8, 4) is 5.75 Å². The van der Waals surface area contributed by atoms with Gasteiger partial charge in [-0.2, -0.15) is 5.10 Å². The van der Waals surface area contributed by atoms with Gasteiger partial charge in [0.2, 0.25) is 0 Å². The first-order valence-corrected chi connectivity index (χ1v) is 8.52. The van der Waals surface area contributed by atoms with E-state index in [9.17, 15) is 14.7 Å². The molecule has 3 rings (SSSR count). The van der Waals surface area contributed by atoms with Crippen molar-refractivity contribution in [3.05, 3.63) is 71.8 Å². The number of phenolic OH excluding ortho intramolecular Hbond substituents is 1. The summed E-state index contributed by atoms with van der Waals surface area (Å²) in [4.78, 5) is 23.9. The largest absolute Gasteiger partial charge is 0.507 e. The highest BCUT2D eigenvalue weighted by molar-refractivity contribution is 6.39. The van der Waals surface area contributed by atoms with E-state index in [1.807, 2.05) is 43.3 Å². The van der Waals surface area contributed by atoms with E-state index in [0.717, 1.165) is 22.8 Å². The smallest absolute Gasteiger partial charge is 0.329 e. The topological polar surface area (TPSA) is 90.8 Å². The van der Waals surface area contributed by atoms with Crippen LogP contribution in [0.4, 0.5) is 5.69 Å². The average molecular weight is 361 g/mol. The number of anilines is 1. The molecular weight excluding hydrogens is 342 g/mol. The van der Waals surface area contributed by atoms with E-state index >= 15 is 0 Å². The zero-order chi connectivity index (χ0) is 19.2. The maximum absolute atomic E-state index is 11.9. The van der Waals surface area contributed by atoms with Crippen molar-refractivity contribution in [1.82, 2.24) is 5.43 Å². The fraction of sp³-hybridized carbons (Fsp3) is 0.0952. The number of amides is 2. The maximum atomic E-state index is 11.9. The second kappa shape index (κ2) is 8.14. The lowest BCUT2D eigenvalue weighted by atomic mass is 10.0. The first-order chi connectivity index (χ1) is 13.1. The van der Waals surface area contributed by atoms with E-state index in [0.29, 0.717) is 11.3 Å². The Bertz CT molecular complexity index is 1010. The zero-order valence-corrected chi connectivity index (χ0v) is 14.8. The van der Waals surface area contributed by atoms with Gasteiger partial charge in [0.05, 0.1) is 6.21 Å². The number of nitrogens with zero attached hydrogens (tertiary/aromatic N) is 1. The Hall–Kier alpha value is -3.67. The Morgan fingerprint density at radius 1 is 1.00 bits per heavy atom. The van der Waals surface area contributed by atoms with Crippen molar-refractivity contribution in [3.63, 3.8) is 0 Å². The Morgan fingerprint density at radius 3 is 2.48 bits per heavy atom. The summed E-state index contributed by atoms with van der Waals surface area (Å²) < 4.78 is 0. The summed E-state index contributed by atoms with van der Waals surface area (Å²) in [5.41, 5.74) is 4.30. The quantitative estimate of drug-likeness (QED) is 0.379. The number of aryl methyl sites for hydroxylation is 1. The molecular formula is C21H19N3O3. The fourth-order valence-electron chi connectivity index (χ4n) is 2.64. The number of hydrazone groups is 1. The van der Waals surface area contributed by atoms with Gasteiger partial charge in [-0.1, -0.05) is 49.4 Å². The van der Waals surface area contributed by atoms with Crippen molar-refractivity contribution in [2.24, 2.45) is 5.10 Å². The normalized spacial score (nSPS) is 10.9. The lowest BCUT2D eigenvalue weighted by Crippen LogP contribution is -2.32. The van der Waals surface area contributed by atoms with Gasteiger partial charge in [0.15, 0.2) is 0 Å². The number of hydrogen-bond acceptors (Lipinski definition) is 4. The van der Waals surface area contributed by atoms with Crippen molar-refractivity contribution < 1.29 is 14.7 Å². The van der Waals surface area contributed by atoms with Gasteiger partial charge in [-0.05, 0) is 41.0 Å². The second-order valence-corrected chi connectivity index (χ2v) is 5.92. The molecule has 6 heteroatoms. The number of carbonyl (C=O) groups excluding carboxylic acids is 2. The van der Waals surface area contributed by atoms with Crippen LogP contribution in [0.15, 0.2) is 65.8 Å². The van der Waals surface area contributed by atoms with Crippen LogP contribution < -0.4 is 10.7 Å². The number of phenols is 1. The minimum atomic E-state index is -0.898. The van der Waals surface area contributed by atoms with E-state index < -0.39 is 11.8 Å². The molecule has 0 spiro atoms. The van der Waals surface area contributed by atoms with Crippen molar-refractivity contribution in [2.45, 2.75) is 13.3 Å². The van der Waals surface area contributed by atoms with Crippen LogP contribution in [0.3, 0.4) is 0 Å². The number of aromatic hydroxyl groups is 1. The van der Waals surface area contributed by atoms with E-state index in [-0.39, 0.29) is 5.75 Å². The lowest BCUT2D eigenvalue weighted by Gasteiger charge is -2.06. The molecule has 0 aliphatic carbocycles. The highest BCUT2D eigenvalue weighted by Gasteiger charge is 2.13. The lowest BCUT2D eigenvalue weighted by molar-refractivity contribution is -0.136. The molecule has 0 saturated carbocycles. The first-order valence-electron chi connectivity index (χ1n) is 8.52. The van der Waals surface area contributed by atoms with Gasteiger partial charge in [0, 0.05) is 11.3 Å². The van der Waals surface area contributed by atoms with Crippen LogP contribution in [0, 0.1) is 0 Å². The van der Waals surface area contributed by atoms with Crippen LogP contribution in [0.2, 0.25) is 0 Å². The molecule has 0 unspecified atom stereocenters. The van der Waals surface area contributed by atoms with Crippen LogP contribution >= 0.6 is 0 Å². The first kappa shape index (κ1) is 18.1. The summed E-state index contributed by atoms with van der Waals surface area (Å²) in [5.74, 6) is -1.68. The molecule has 27 heavy (non-hydrogen) atoms. The van der Waals surface area contributed by atoms with E-state index in [1.165, 1.54) is 6.21 Å². The number of benzene rings is 3. The Labute approximate surface area is 156 Å². The SMILES string of the molecule is CCc1ccc(NC(=O)C(=O)NN=Cc2c(O)ccc3ccccc23)cc1. The molecule has 0 saturated heterocycles. The molecule has 3 N–H and O–H groups in total. The molecule has 6 nitrogen and oxygen atoms in total.